The largest absolute Gasteiger partial charge is 0.495 e. The first kappa shape index (κ1) is 24.1. The maximum Gasteiger partial charge on any atom is 0.243 e. The number of sulfonamides is 2. The third-order valence-electron chi connectivity index (χ3n) is 4.71. The van der Waals surface area contributed by atoms with E-state index in [0.29, 0.717) is 18.8 Å². The SMILES string of the molecule is COc1ccc(S(=O)(=O)NCCOc2ccc(S(=O)(=O)N3CCCC3)cc2)c(Cl)c1Cl. The lowest BCUT2D eigenvalue weighted by atomic mass is 10.3. The van der Waals surface area contributed by atoms with Crippen molar-refractivity contribution in [2.45, 2.75) is 22.6 Å². The Morgan fingerprint density at radius 3 is 2.23 bits per heavy atom. The van der Waals surface area contributed by atoms with Gasteiger partial charge in [0.15, 0.2) is 0 Å². The summed E-state index contributed by atoms with van der Waals surface area (Å²) in [6, 6.07) is 8.75. The summed E-state index contributed by atoms with van der Waals surface area (Å²) in [5.41, 5.74) is 0. The second-order valence-electron chi connectivity index (χ2n) is 6.72. The fourth-order valence-electron chi connectivity index (χ4n) is 3.09. The summed E-state index contributed by atoms with van der Waals surface area (Å²) in [7, 11) is -6.01. The third-order valence-corrected chi connectivity index (χ3v) is 9.10. The van der Waals surface area contributed by atoms with Gasteiger partial charge in [-0.15, -0.1) is 0 Å². The van der Waals surface area contributed by atoms with E-state index in [1.165, 1.54) is 47.8 Å². The van der Waals surface area contributed by atoms with Crippen LogP contribution in [0.3, 0.4) is 0 Å². The Morgan fingerprint density at radius 1 is 0.968 bits per heavy atom. The topological polar surface area (TPSA) is 102 Å². The number of nitrogens with one attached hydrogen (secondary N) is 1. The van der Waals surface area contributed by atoms with E-state index in [1.54, 1.807) is 0 Å². The molecule has 1 saturated heterocycles. The average molecular weight is 509 g/mol. The predicted octanol–water partition coefficient (Wildman–Crippen LogP) is 3.14. The van der Waals surface area contributed by atoms with Gasteiger partial charge in [-0.3, -0.25) is 0 Å². The van der Waals surface area contributed by atoms with Crippen LogP contribution in [0.25, 0.3) is 0 Å². The Morgan fingerprint density at radius 2 is 1.61 bits per heavy atom. The maximum absolute atomic E-state index is 12.5. The van der Waals surface area contributed by atoms with Crippen molar-refractivity contribution >= 4 is 43.2 Å². The van der Waals surface area contributed by atoms with Crippen molar-refractivity contribution < 1.29 is 26.3 Å². The highest BCUT2D eigenvalue weighted by Gasteiger charge is 2.27. The molecule has 0 aliphatic carbocycles. The highest BCUT2D eigenvalue weighted by atomic mass is 35.5. The number of rotatable bonds is 9. The number of hydrogen-bond donors (Lipinski definition) is 1. The van der Waals surface area contributed by atoms with E-state index >= 15 is 0 Å². The van der Waals surface area contributed by atoms with Gasteiger partial charge in [0.05, 0.1) is 17.0 Å². The van der Waals surface area contributed by atoms with Gasteiger partial charge in [0.25, 0.3) is 0 Å². The number of halogens is 2. The fourth-order valence-corrected chi connectivity index (χ4v) is 6.46. The molecule has 2 aromatic rings. The molecular weight excluding hydrogens is 487 g/mol. The molecule has 31 heavy (non-hydrogen) atoms. The molecule has 0 bridgehead atoms. The summed E-state index contributed by atoms with van der Waals surface area (Å²) in [6.45, 7) is 1.06. The zero-order chi connectivity index (χ0) is 22.6. The van der Waals surface area contributed by atoms with Crippen LogP contribution in [0.2, 0.25) is 10.0 Å². The van der Waals surface area contributed by atoms with Crippen molar-refractivity contribution in [3.05, 3.63) is 46.4 Å². The van der Waals surface area contributed by atoms with Crippen LogP contribution in [0.1, 0.15) is 12.8 Å². The van der Waals surface area contributed by atoms with Gasteiger partial charge < -0.3 is 9.47 Å². The summed E-state index contributed by atoms with van der Waals surface area (Å²) in [6.07, 6.45) is 1.73. The van der Waals surface area contributed by atoms with Crippen molar-refractivity contribution in [2.24, 2.45) is 0 Å². The first-order chi connectivity index (χ1) is 14.7. The smallest absolute Gasteiger partial charge is 0.243 e. The standard InChI is InChI=1S/C19H22Cl2N2O6S2/c1-28-16-8-9-17(19(21)18(16)20)30(24,25)22-10-13-29-14-4-6-15(7-5-14)31(26,27)23-11-2-3-12-23/h4-9,22H,2-3,10-13H2,1H3. The Hall–Kier alpha value is -1.56. The highest BCUT2D eigenvalue weighted by molar-refractivity contribution is 7.89. The molecule has 170 valence electrons. The molecule has 0 amide bonds. The lowest BCUT2D eigenvalue weighted by Crippen LogP contribution is -2.28. The number of hydrogen-bond acceptors (Lipinski definition) is 6. The molecule has 12 heteroatoms. The van der Waals surface area contributed by atoms with Crippen molar-refractivity contribution in [3.63, 3.8) is 0 Å². The van der Waals surface area contributed by atoms with Crippen LogP contribution in [0.15, 0.2) is 46.2 Å². The second-order valence-corrected chi connectivity index (χ2v) is 11.2. The van der Waals surface area contributed by atoms with Gasteiger partial charge in [-0.05, 0) is 49.2 Å². The Bertz CT molecular complexity index is 1130. The van der Waals surface area contributed by atoms with Crippen LogP contribution < -0.4 is 14.2 Å². The molecular formula is C19H22Cl2N2O6S2. The molecule has 0 radical (unpaired) electrons. The van der Waals surface area contributed by atoms with Gasteiger partial charge in [0.1, 0.15) is 28.0 Å². The van der Waals surface area contributed by atoms with Gasteiger partial charge in [-0.2, -0.15) is 4.31 Å². The maximum atomic E-state index is 12.5. The average Bonchev–Trinajstić information content (AvgIpc) is 3.29. The van der Waals surface area contributed by atoms with Crippen LogP contribution in [0, 0.1) is 0 Å². The van der Waals surface area contributed by atoms with Crippen LogP contribution >= 0.6 is 23.2 Å². The molecule has 1 N–H and O–H groups in total. The Kier molecular flexibility index (Phi) is 7.72. The molecule has 0 aromatic heterocycles. The summed E-state index contributed by atoms with van der Waals surface area (Å²) >= 11 is 12.1. The molecule has 1 aliphatic rings. The summed E-state index contributed by atoms with van der Waals surface area (Å²) in [4.78, 5) is 0.0323. The second kappa shape index (κ2) is 9.93. The Labute approximate surface area is 192 Å². The fraction of sp³-hybridized carbons (Fsp3) is 0.368. The molecule has 0 unspecified atom stereocenters. The minimum absolute atomic E-state index is 0.00673. The molecule has 8 nitrogen and oxygen atoms in total. The van der Waals surface area contributed by atoms with Crippen LogP contribution in [-0.2, 0) is 20.0 Å². The molecule has 1 heterocycles. The van der Waals surface area contributed by atoms with Crippen molar-refractivity contribution in [3.8, 4) is 11.5 Å². The first-order valence-corrected chi connectivity index (χ1v) is 13.1. The van der Waals surface area contributed by atoms with Gasteiger partial charge in [-0.1, -0.05) is 23.2 Å². The minimum atomic E-state index is -3.92. The zero-order valence-electron chi connectivity index (χ0n) is 16.7. The first-order valence-electron chi connectivity index (χ1n) is 9.41. The van der Waals surface area contributed by atoms with Crippen LogP contribution in [0.5, 0.6) is 11.5 Å². The van der Waals surface area contributed by atoms with Gasteiger partial charge in [0.2, 0.25) is 20.0 Å². The zero-order valence-corrected chi connectivity index (χ0v) is 19.8. The third kappa shape index (κ3) is 5.44. The molecule has 2 aromatic carbocycles. The monoisotopic (exact) mass is 508 g/mol. The van der Waals surface area contributed by atoms with Gasteiger partial charge in [-0.25, -0.2) is 21.6 Å². The minimum Gasteiger partial charge on any atom is -0.495 e. The summed E-state index contributed by atoms with van der Waals surface area (Å²) < 4.78 is 64.4. The van der Waals surface area contributed by atoms with Crippen molar-refractivity contribution in [1.82, 2.24) is 9.03 Å². The lowest BCUT2D eigenvalue weighted by molar-refractivity contribution is 0.322. The molecule has 1 aliphatic heterocycles. The molecule has 1 fully saturated rings. The number of methoxy groups -OCH3 is 1. The van der Waals surface area contributed by atoms with Crippen molar-refractivity contribution in [1.29, 1.82) is 0 Å². The quantitative estimate of drug-likeness (QED) is 0.522. The van der Waals surface area contributed by atoms with Crippen LogP contribution in [-0.4, -0.2) is 54.5 Å². The normalized spacial score (nSPS) is 15.2. The number of nitrogens with zero attached hydrogens (tertiary/aromatic N) is 1. The highest BCUT2D eigenvalue weighted by Crippen LogP contribution is 2.36. The van der Waals surface area contributed by atoms with E-state index < -0.39 is 20.0 Å². The summed E-state index contributed by atoms with van der Waals surface area (Å²) in [5, 5.41) is -0.128. The van der Waals surface area contributed by atoms with E-state index in [-0.39, 0.29) is 38.7 Å². The predicted molar refractivity (Wildman–Crippen MR) is 118 cm³/mol. The van der Waals surface area contributed by atoms with E-state index in [1.807, 2.05) is 0 Å². The molecule has 0 atom stereocenters. The number of ether oxygens (including phenoxy) is 2. The van der Waals surface area contributed by atoms with Gasteiger partial charge >= 0.3 is 0 Å². The van der Waals surface area contributed by atoms with Crippen molar-refractivity contribution in [2.75, 3.05) is 33.4 Å². The molecule has 3 rings (SSSR count). The van der Waals surface area contributed by atoms with E-state index in [2.05, 4.69) is 4.72 Å². The van der Waals surface area contributed by atoms with E-state index in [9.17, 15) is 16.8 Å². The van der Waals surface area contributed by atoms with Crippen LogP contribution in [0.4, 0.5) is 0 Å². The number of benzene rings is 2. The van der Waals surface area contributed by atoms with E-state index in [4.69, 9.17) is 32.7 Å². The summed E-state index contributed by atoms with van der Waals surface area (Å²) in [5.74, 6) is 0.689. The Balaban J connectivity index is 1.56. The van der Waals surface area contributed by atoms with Gasteiger partial charge in [0, 0.05) is 19.6 Å². The molecule has 0 spiro atoms. The van der Waals surface area contributed by atoms with E-state index in [0.717, 1.165) is 12.8 Å². The molecule has 0 saturated carbocycles. The lowest BCUT2D eigenvalue weighted by Gasteiger charge is -2.15.